The van der Waals surface area contributed by atoms with E-state index < -0.39 is 28.8 Å². The first-order valence-electron chi connectivity index (χ1n) is 13.7. The van der Waals surface area contributed by atoms with Gasteiger partial charge in [0, 0.05) is 19.2 Å². The summed E-state index contributed by atoms with van der Waals surface area (Å²) >= 11 is 0. The molecule has 2 aromatic carbocycles. The number of aromatic nitrogens is 3. The van der Waals surface area contributed by atoms with Crippen molar-refractivity contribution in [3.8, 4) is 17.0 Å². The van der Waals surface area contributed by atoms with Crippen molar-refractivity contribution in [2.45, 2.75) is 31.0 Å². The molecule has 14 heteroatoms. The van der Waals surface area contributed by atoms with Crippen LogP contribution in [0.1, 0.15) is 24.3 Å². The molecule has 0 unspecified atom stereocenters. The van der Waals surface area contributed by atoms with Crippen molar-refractivity contribution in [2.24, 2.45) is 0 Å². The number of alkyl halides is 3. The molecule has 0 aliphatic carbocycles. The van der Waals surface area contributed by atoms with Crippen LogP contribution in [0.2, 0.25) is 0 Å². The van der Waals surface area contributed by atoms with Crippen molar-refractivity contribution in [1.29, 1.82) is 0 Å². The summed E-state index contributed by atoms with van der Waals surface area (Å²) in [6, 6.07) is 16.6. The van der Waals surface area contributed by atoms with Crippen molar-refractivity contribution < 1.29 is 31.4 Å². The van der Waals surface area contributed by atoms with Crippen molar-refractivity contribution in [1.82, 2.24) is 19.5 Å². The lowest BCUT2D eigenvalue weighted by molar-refractivity contribution is -0.208. The number of β-amino-alcohol motifs (C(OH)–C–C–N with tert-alkyl or cyclic N) is 1. The zero-order valence-corrected chi connectivity index (χ0v) is 24.7. The number of hydrogen-bond acceptors (Lipinski definition) is 8. The van der Waals surface area contributed by atoms with Crippen LogP contribution in [0, 0.1) is 0 Å². The van der Waals surface area contributed by atoms with Gasteiger partial charge in [0.05, 0.1) is 42.1 Å². The second kappa shape index (κ2) is 12.0. The number of halogens is 3. The number of nitrogens with one attached hydrogen (secondary N) is 1. The standard InChI is InChI=1S/C29H33F3N6O4S/c1-36(43(3,40)41)24-7-5-4-6-22(24)25-11-9-21-17-33-28(35-38(21)25)34-23-10-8-20(16-26(23)42-2)19-12-14-37(15-13-19)18-27(39)29(30,31)32/h4-11,16-17,19,27,39H,12-15,18H2,1-3H3,(H,34,35)/t27-/m0/s1. The zero-order valence-electron chi connectivity index (χ0n) is 23.9. The lowest BCUT2D eigenvalue weighted by Gasteiger charge is -2.33. The Kier molecular flexibility index (Phi) is 8.54. The summed E-state index contributed by atoms with van der Waals surface area (Å²) in [5.74, 6) is 0.993. The maximum absolute atomic E-state index is 12.7. The number of nitrogens with zero attached hydrogens (tertiary/aromatic N) is 5. The first-order valence-corrected chi connectivity index (χ1v) is 15.5. The van der Waals surface area contributed by atoms with Gasteiger partial charge in [-0.1, -0.05) is 24.3 Å². The normalized spacial score (nSPS) is 15.9. The molecule has 230 valence electrons. The Balaban J connectivity index is 1.35. The molecule has 0 amide bonds. The summed E-state index contributed by atoms with van der Waals surface area (Å²) in [4.78, 5) is 6.07. The van der Waals surface area contributed by atoms with E-state index in [1.807, 2.05) is 42.5 Å². The number of aliphatic hydroxyl groups excluding tert-OH is 1. The van der Waals surface area contributed by atoms with E-state index in [9.17, 15) is 26.7 Å². The molecule has 1 aliphatic rings. The van der Waals surface area contributed by atoms with Crippen LogP contribution in [0.25, 0.3) is 16.8 Å². The molecule has 4 aromatic rings. The van der Waals surface area contributed by atoms with Crippen molar-refractivity contribution in [2.75, 3.05) is 49.7 Å². The van der Waals surface area contributed by atoms with Crippen LogP contribution in [0.4, 0.5) is 30.5 Å². The highest BCUT2D eigenvalue weighted by molar-refractivity contribution is 7.92. The molecule has 10 nitrogen and oxygen atoms in total. The van der Waals surface area contributed by atoms with Gasteiger partial charge in [-0.3, -0.25) is 4.31 Å². The van der Waals surface area contributed by atoms with Crippen LogP contribution in [-0.4, -0.2) is 85.4 Å². The SMILES string of the molecule is COc1cc(C2CCN(C[C@H](O)C(F)(F)F)CC2)ccc1Nc1ncc2ccc(-c3ccccc3N(C)S(C)(=O)=O)n2n1. The first kappa shape index (κ1) is 30.6. The lowest BCUT2D eigenvalue weighted by atomic mass is 9.89. The monoisotopic (exact) mass is 618 g/mol. The molecule has 0 spiro atoms. The van der Waals surface area contributed by atoms with Gasteiger partial charge in [-0.15, -0.1) is 5.10 Å². The fraction of sp³-hybridized carbons (Fsp3) is 0.379. The summed E-state index contributed by atoms with van der Waals surface area (Å²) in [7, 11) is -0.439. The van der Waals surface area contributed by atoms with Gasteiger partial charge >= 0.3 is 6.18 Å². The Labute approximate surface area is 247 Å². The summed E-state index contributed by atoms with van der Waals surface area (Å²) in [5, 5.41) is 17.3. The Morgan fingerprint density at radius 2 is 1.86 bits per heavy atom. The van der Waals surface area contributed by atoms with Crippen LogP contribution in [0.3, 0.4) is 0 Å². The number of ether oxygens (including phenoxy) is 1. The third-order valence-electron chi connectivity index (χ3n) is 7.76. The van der Waals surface area contributed by atoms with Crippen LogP contribution in [-0.2, 0) is 10.0 Å². The minimum Gasteiger partial charge on any atom is -0.495 e. The number of para-hydroxylation sites is 1. The molecular weight excluding hydrogens is 585 g/mol. The molecule has 3 heterocycles. The third-order valence-corrected chi connectivity index (χ3v) is 8.95. The van der Waals surface area contributed by atoms with E-state index in [0.717, 1.165) is 11.8 Å². The molecular formula is C29H33F3N6O4S. The number of fused-ring (bicyclic) bond motifs is 1. The minimum absolute atomic E-state index is 0.141. The Morgan fingerprint density at radius 1 is 1.14 bits per heavy atom. The zero-order chi connectivity index (χ0) is 30.9. The quantitative estimate of drug-likeness (QED) is 0.279. The Morgan fingerprint density at radius 3 is 2.53 bits per heavy atom. The number of anilines is 3. The molecule has 5 rings (SSSR count). The van der Waals surface area contributed by atoms with Gasteiger partial charge < -0.3 is 20.1 Å². The Hall–Kier alpha value is -3.88. The second-order valence-electron chi connectivity index (χ2n) is 10.6. The third kappa shape index (κ3) is 6.71. The molecule has 1 atom stereocenters. The smallest absolute Gasteiger partial charge is 0.415 e. The molecule has 0 radical (unpaired) electrons. The second-order valence-corrected chi connectivity index (χ2v) is 12.6. The molecule has 43 heavy (non-hydrogen) atoms. The first-order chi connectivity index (χ1) is 20.3. The van der Waals surface area contributed by atoms with Gasteiger partial charge in [0.1, 0.15) is 5.75 Å². The van der Waals surface area contributed by atoms with Crippen LogP contribution < -0.4 is 14.4 Å². The van der Waals surface area contributed by atoms with Gasteiger partial charge in [-0.25, -0.2) is 17.9 Å². The number of sulfonamides is 1. The summed E-state index contributed by atoms with van der Waals surface area (Å²) in [5.41, 5.74) is 4.23. The predicted octanol–water partition coefficient (Wildman–Crippen LogP) is 4.65. The largest absolute Gasteiger partial charge is 0.495 e. The van der Waals surface area contributed by atoms with E-state index in [-0.39, 0.29) is 5.92 Å². The highest BCUT2D eigenvalue weighted by atomic mass is 32.2. The van der Waals surface area contributed by atoms with Crippen LogP contribution >= 0.6 is 0 Å². The topological polar surface area (TPSA) is 112 Å². The average Bonchev–Trinajstić information content (AvgIpc) is 3.39. The Bertz CT molecular complexity index is 1700. The molecule has 1 fully saturated rings. The lowest BCUT2D eigenvalue weighted by Crippen LogP contribution is -2.43. The number of hydrogen-bond donors (Lipinski definition) is 2. The van der Waals surface area contributed by atoms with E-state index in [1.54, 1.807) is 34.9 Å². The van der Waals surface area contributed by atoms with E-state index in [2.05, 4.69) is 15.4 Å². The number of methoxy groups -OCH3 is 1. The molecule has 0 bridgehead atoms. The van der Waals surface area contributed by atoms with Gasteiger partial charge in [0.15, 0.2) is 6.10 Å². The molecule has 1 aliphatic heterocycles. The molecule has 0 saturated carbocycles. The molecule has 2 aromatic heterocycles. The number of benzene rings is 2. The number of likely N-dealkylation sites (tertiary alicyclic amines) is 1. The van der Waals surface area contributed by atoms with Crippen LogP contribution in [0.15, 0.2) is 60.8 Å². The molecule has 1 saturated heterocycles. The highest BCUT2D eigenvalue weighted by Crippen LogP contribution is 2.36. The fourth-order valence-corrected chi connectivity index (χ4v) is 5.81. The van der Waals surface area contributed by atoms with Crippen LogP contribution in [0.5, 0.6) is 5.75 Å². The van der Waals surface area contributed by atoms with E-state index in [1.165, 1.54) is 11.4 Å². The highest BCUT2D eigenvalue weighted by Gasteiger charge is 2.39. The van der Waals surface area contributed by atoms with Gasteiger partial charge in [-0.05, 0) is 67.7 Å². The molecule has 2 N–H and O–H groups in total. The summed E-state index contributed by atoms with van der Waals surface area (Å²) in [6.45, 7) is 0.489. The van der Waals surface area contributed by atoms with Gasteiger partial charge in [0.25, 0.3) is 0 Å². The summed E-state index contributed by atoms with van der Waals surface area (Å²) < 4.78 is 71.3. The van der Waals surface area contributed by atoms with E-state index >= 15 is 0 Å². The number of aliphatic hydroxyl groups is 1. The van der Waals surface area contributed by atoms with Gasteiger partial charge in [0.2, 0.25) is 16.0 Å². The average molecular weight is 619 g/mol. The summed E-state index contributed by atoms with van der Waals surface area (Å²) in [6.07, 6.45) is -2.84. The minimum atomic E-state index is -4.62. The van der Waals surface area contributed by atoms with E-state index in [0.29, 0.717) is 65.8 Å². The van der Waals surface area contributed by atoms with Gasteiger partial charge in [-0.2, -0.15) is 13.2 Å². The van der Waals surface area contributed by atoms with Crippen molar-refractivity contribution in [3.63, 3.8) is 0 Å². The maximum Gasteiger partial charge on any atom is 0.415 e. The van der Waals surface area contributed by atoms with Crippen molar-refractivity contribution in [3.05, 3.63) is 66.4 Å². The number of piperidine rings is 1. The van der Waals surface area contributed by atoms with E-state index in [4.69, 9.17) is 4.74 Å². The van der Waals surface area contributed by atoms with Crippen molar-refractivity contribution >= 4 is 32.9 Å². The fourth-order valence-electron chi connectivity index (χ4n) is 5.29. The predicted molar refractivity (Wildman–Crippen MR) is 158 cm³/mol. The number of rotatable bonds is 9. The maximum atomic E-state index is 12.7.